The molecule has 7 heteroatoms. The molecule has 0 bridgehead atoms. The molecule has 0 fully saturated rings. The number of anilines is 1. The van der Waals surface area contributed by atoms with E-state index in [0.717, 1.165) is 25.8 Å². The Morgan fingerprint density at radius 3 is 2.54 bits per heavy atom. The van der Waals surface area contributed by atoms with Gasteiger partial charge >= 0.3 is 0 Å². The van der Waals surface area contributed by atoms with Gasteiger partial charge in [0.25, 0.3) is 5.91 Å². The lowest BCUT2D eigenvalue weighted by Gasteiger charge is -2.10. The molecule has 1 aliphatic heterocycles. The van der Waals surface area contributed by atoms with Crippen molar-refractivity contribution in [2.75, 3.05) is 19.5 Å². The van der Waals surface area contributed by atoms with Gasteiger partial charge in [0.1, 0.15) is 0 Å². The second-order valence-corrected chi connectivity index (χ2v) is 7.24. The maximum Gasteiger partial charge on any atom is 0.256 e. The topological polar surface area (TPSA) is 47.6 Å². The predicted octanol–water partition coefficient (Wildman–Crippen LogP) is 5.37. The Labute approximate surface area is 161 Å². The summed E-state index contributed by atoms with van der Waals surface area (Å²) in [5.74, 6) is 0.795. The van der Waals surface area contributed by atoms with E-state index in [2.05, 4.69) is 37.2 Å². The van der Waals surface area contributed by atoms with Crippen molar-refractivity contribution in [3.8, 4) is 11.5 Å². The Morgan fingerprint density at radius 1 is 1.12 bits per heavy atom. The number of carbonyl (C=O) groups is 1. The lowest BCUT2D eigenvalue weighted by Crippen LogP contribution is -2.03. The molecule has 3 rings (SSSR count). The highest BCUT2D eigenvalue weighted by Gasteiger charge is 2.26. The van der Waals surface area contributed by atoms with Crippen LogP contribution in [-0.4, -0.2) is 20.1 Å². The van der Waals surface area contributed by atoms with Crippen LogP contribution in [0, 0.1) is 0 Å². The number of halogens is 3. The SMILES string of the molecule is COc1cc(/C=C2\C(=O)Nc3c(Br)cc(Br)cc32)cc(Cl)c1OC. The largest absolute Gasteiger partial charge is 0.493 e. The van der Waals surface area contributed by atoms with Crippen molar-refractivity contribution in [3.05, 3.63) is 49.4 Å². The Kier molecular flexibility index (Phi) is 4.90. The summed E-state index contributed by atoms with van der Waals surface area (Å²) in [6, 6.07) is 7.28. The number of ether oxygens (including phenoxy) is 2. The van der Waals surface area contributed by atoms with Gasteiger partial charge in [-0.25, -0.2) is 0 Å². The molecule has 4 nitrogen and oxygen atoms in total. The minimum absolute atomic E-state index is 0.172. The molecule has 0 radical (unpaired) electrons. The van der Waals surface area contributed by atoms with Gasteiger partial charge in [-0.1, -0.05) is 27.5 Å². The van der Waals surface area contributed by atoms with Crippen LogP contribution in [0.4, 0.5) is 5.69 Å². The maximum atomic E-state index is 12.4. The summed E-state index contributed by atoms with van der Waals surface area (Å²) >= 11 is 13.1. The average molecular weight is 474 g/mol. The van der Waals surface area contributed by atoms with Crippen LogP contribution in [-0.2, 0) is 4.79 Å². The van der Waals surface area contributed by atoms with E-state index >= 15 is 0 Å². The molecule has 0 saturated heterocycles. The van der Waals surface area contributed by atoms with Gasteiger partial charge in [-0.2, -0.15) is 0 Å². The van der Waals surface area contributed by atoms with E-state index in [1.54, 1.807) is 18.2 Å². The molecule has 0 aliphatic carbocycles. The summed E-state index contributed by atoms with van der Waals surface area (Å²) < 4.78 is 12.2. The lowest BCUT2D eigenvalue weighted by molar-refractivity contribution is -0.110. The number of hydrogen-bond donors (Lipinski definition) is 1. The minimum Gasteiger partial charge on any atom is -0.493 e. The van der Waals surface area contributed by atoms with Crippen molar-refractivity contribution in [1.29, 1.82) is 0 Å². The predicted molar refractivity (Wildman–Crippen MR) is 103 cm³/mol. The number of methoxy groups -OCH3 is 2. The number of fused-ring (bicyclic) bond motifs is 1. The highest BCUT2D eigenvalue weighted by atomic mass is 79.9. The van der Waals surface area contributed by atoms with E-state index in [9.17, 15) is 4.79 Å². The Morgan fingerprint density at radius 2 is 1.88 bits per heavy atom. The van der Waals surface area contributed by atoms with Crippen LogP contribution < -0.4 is 14.8 Å². The molecular weight excluding hydrogens is 461 g/mol. The van der Waals surface area contributed by atoms with Gasteiger partial charge in [0, 0.05) is 20.1 Å². The third-order valence-electron chi connectivity index (χ3n) is 3.60. The Hall–Kier alpha value is -1.50. The van der Waals surface area contributed by atoms with Crippen molar-refractivity contribution < 1.29 is 14.3 Å². The summed E-state index contributed by atoms with van der Waals surface area (Å²) in [7, 11) is 3.06. The highest BCUT2D eigenvalue weighted by molar-refractivity contribution is 9.11. The summed E-state index contributed by atoms with van der Waals surface area (Å²) in [4.78, 5) is 12.4. The van der Waals surface area contributed by atoms with Crippen molar-refractivity contribution in [2.24, 2.45) is 0 Å². The Bertz CT molecular complexity index is 881. The van der Waals surface area contributed by atoms with Gasteiger partial charge in [0.2, 0.25) is 0 Å². The number of hydrogen-bond acceptors (Lipinski definition) is 3. The molecule has 2 aromatic rings. The third kappa shape index (κ3) is 3.06. The van der Waals surface area contributed by atoms with Gasteiger partial charge in [0.15, 0.2) is 11.5 Å². The van der Waals surface area contributed by atoms with Gasteiger partial charge in [-0.3, -0.25) is 4.79 Å². The zero-order valence-electron chi connectivity index (χ0n) is 12.7. The first-order valence-electron chi connectivity index (χ1n) is 6.88. The first-order valence-corrected chi connectivity index (χ1v) is 8.85. The smallest absolute Gasteiger partial charge is 0.256 e. The van der Waals surface area contributed by atoms with Gasteiger partial charge in [-0.05, 0) is 51.8 Å². The van der Waals surface area contributed by atoms with Crippen LogP contribution in [0.1, 0.15) is 11.1 Å². The summed E-state index contributed by atoms with van der Waals surface area (Å²) in [5, 5.41) is 3.28. The second kappa shape index (κ2) is 6.78. The second-order valence-electron chi connectivity index (χ2n) is 5.06. The standard InChI is InChI=1S/C17H12Br2ClNO3/c1-23-14-5-8(4-13(20)16(14)24-2)3-11-10-6-9(18)7-12(19)15(10)21-17(11)22/h3-7H,1-2H3,(H,21,22)/b11-3-. The number of nitrogens with one attached hydrogen (secondary N) is 1. The first-order chi connectivity index (χ1) is 11.4. The average Bonchev–Trinajstić information content (AvgIpc) is 2.83. The van der Waals surface area contributed by atoms with E-state index in [1.165, 1.54) is 14.2 Å². The summed E-state index contributed by atoms with van der Waals surface area (Å²) in [5.41, 5.74) is 2.86. The molecule has 0 unspecified atom stereocenters. The van der Waals surface area contributed by atoms with E-state index in [-0.39, 0.29) is 5.91 Å². The fourth-order valence-corrected chi connectivity index (χ4v) is 4.17. The monoisotopic (exact) mass is 471 g/mol. The fraction of sp³-hybridized carbons (Fsp3) is 0.118. The quantitative estimate of drug-likeness (QED) is 0.610. The first kappa shape index (κ1) is 17.3. The molecule has 0 saturated carbocycles. The van der Waals surface area contributed by atoms with Crippen molar-refractivity contribution in [1.82, 2.24) is 0 Å². The molecule has 124 valence electrons. The van der Waals surface area contributed by atoms with Crippen LogP contribution in [0.2, 0.25) is 5.02 Å². The lowest BCUT2D eigenvalue weighted by atomic mass is 10.0. The summed E-state index contributed by atoms with van der Waals surface area (Å²) in [6.45, 7) is 0. The van der Waals surface area contributed by atoms with E-state index in [1.807, 2.05) is 12.1 Å². The van der Waals surface area contributed by atoms with Gasteiger partial charge < -0.3 is 14.8 Å². The minimum atomic E-state index is -0.172. The molecule has 0 atom stereocenters. The van der Waals surface area contributed by atoms with Crippen LogP contribution in [0.3, 0.4) is 0 Å². The zero-order chi connectivity index (χ0) is 17.4. The van der Waals surface area contributed by atoms with Crippen LogP contribution in [0.25, 0.3) is 11.6 Å². The molecule has 1 aliphatic rings. The molecule has 0 aromatic heterocycles. The number of benzene rings is 2. The maximum absolute atomic E-state index is 12.4. The third-order valence-corrected chi connectivity index (χ3v) is 4.96. The van der Waals surface area contributed by atoms with Crippen molar-refractivity contribution in [2.45, 2.75) is 0 Å². The number of carbonyl (C=O) groups excluding carboxylic acids is 1. The van der Waals surface area contributed by atoms with Gasteiger partial charge in [0.05, 0.1) is 24.9 Å². The molecular formula is C17H12Br2ClNO3. The summed E-state index contributed by atoms with van der Waals surface area (Å²) in [6.07, 6.45) is 1.77. The zero-order valence-corrected chi connectivity index (χ0v) is 16.7. The molecule has 1 amide bonds. The normalized spacial score (nSPS) is 14.5. The van der Waals surface area contributed by atoms with Crippen LogP contribution >= 0.6 is 43.5 Å². The molecule has 1 heterocycles. The van der Waals surface area contributed by atoms with Crippen molar-refractivity contribution >= 4 is 66.7 Å². The van der Waals surface area contributed by atoms with E-state index in [4.69, 9.17) is 21.1 Å². The van der Waals surface area contributed by atoms with Gasteiger partial charge in [-0.15, -0.1) is 0 Å². The fourth-order valence-electron chi connectivity index (χ4n) is 2.55. The molecule has 0 spiro atoms. The molecule has 24 heavy (non-hydrogen) atoms. The van der Waals surface area contributed by atoms with E-state index in [0.29, 0.717) is 22.1 Å². The number of amides is 1. The van der Waals surface area contributed by atoms with E-state index < -0.39 is 0 Å². The molecule has 1 N–H and O–H groups in total. The Balaban J connectivity index is 2.14. The highest BCUT2D eigenvalue weighted by Crippen LogP contribution is 2.42. The van der Waals surface area contributed by atoms with Crippen LogP contribution in [0.5, 0.6) is 11.5 Å². The number of rotatable bonds is 3. The van der Waals surface area contributed by atoms with Crippen LogP contribution in [0.15, 0.2) is 33.2 Å². The van der Waals surface area contributed by atoms with Crippen molar-refractivity contribution in [3.63, 3.8) is 0 Å². The molecule has 2 aromatic carbocycles.